The first-order chi connectivity index (χ1) is 10.8. The van der Waals surface area contributed by atoms with E-state index >= 15 is 0 Å². The molecule has 0 bridgehead atoms. The topological polar surface area (TPSA) is 73.3 Å². The van der Waals surface area contributed by atoms with Crippen LogP contribution in [-0.4, -0.2) is 21.3 Å². The Hall–Kier alpha value is -2.53. The number of rotatable bonds is 6. The van der Waals surface area contributed by atoms with Gasteiger partial charge < -0.3 is 20.1 Å². The Balaban J connectivity index is 1.91. The fourth-order valence-electron chi connectivity index (χ4n) is 2.47. The van der Waals surface area contributed by atoms with Crippen LogP contribution in [0.1, 0.15) is 12.2 Å². The first-order valence-corrected chi connectivity index (χ1v) is 7.32. The van der Waals surface area contributed by atoms with Crippen LogP contribution in [0.4, 0.5) is 5.69 Å². The van der Waals surface area contributed by atoms with Gasteiger partial charge in [0, 0.05) is 13.2 Å². The number of ether oxygens (including phenoxy) is 1. The molecule has 1 aromatic heterocycles. The van der Waals surface area contributed by atoms with Gasteiger partial charge in [-0.1, -0.05) is 24.3 Å². The van der Waals surface area contributed by atoms with Crippen LogP contribution >= 0.6 is 0 Å². The van der Waals surface area contributed by atoms with Gasteiger partial charge in [0.1, 0.15) is 23.7 Å². The number of nitrogen functional groups attached to an aromatic ring is 1. The third-order valence-electron chi connectivity index (χ3n) is 3.54. The molecular weight excluding hydrogens is 278 g/mol. The standard InChI is InChI=1S/C17H19N3O2/c18-14-8-4-9-15-17(14)19-16(20(15)10-5-11-21)12-22-13-6-2-1-3-7-13/h1-4,6-9,21H,5,10-12,18H2. The molecular formula is C17H19N3O2. The molecule has 0 saturated heterocycles. The van der Waals surface area contributed by atoms with Crippen molar-refractivity contribution in [2.24, 2.45) is 0 Å². The van der Waals surface area contributed by atoms with Crippen LogP contribution in [0, 0.1) is 0 Å². The van der Waals surface area contributed by atoms with Crippen LogP contribution in [0.15, 0.2) is 48.5 Å². The summed E-state index contributed by atoms with van der Waals surface area (Å²) in [6.45, 7) is 1.19. The number of aliphatic hydroxyl groups excluding tert-OH is 1. The molecule has 2 aromatic carbocycles. The van der Waals surface area contributed by atoms with Crippen LogP contribution in [0.3, 0.4) is 0 Å². The number of hydrogen-bond donors (Lipinski definition) is 2. The van der Waals surface area contributed by atoms with Crippen molar-refractivity contribution in [1.29, 1.82) is 0 Å². The first-order valence-electron chi connectivity index (χ1n) is 7.32. The normalized spacial score (nSPS) is 11.0. The minimum atomic E-state index is 0.140. The summed E-state index contributed by atoms with van der Waals surface area (Å²) in [5.41, 5.74) is 8.42. The second-order valence-electron chi connectivity index (χ2n) is 5.07. The number of imidazole rings is 1. The molecule has 5 heteroatoms. The number of aryl methyl sites for hydroxylation is 1. The number of nitrogens with two attached hydrogens (primary N) is 1. The van der Waals surface area contributed by atoms with E-state index in [1.54, 1.807) is 0 Å². The third kappa shape index (κ3) is 2.89. The number of aromatic nitrogens is 2. The average molecular weight is 297 g/mol. The van der Waals surface area contributed by atoms with Gasteiger partial charge in [-0.25, -0.2) is 4.98 Å². The molecule has 0 radical (unpaired) electrons. The Kier molecular flexibility index (Phi) is 4.25. The van der Waals surface area contributed by atoms with Crippen LogP contribution < -0.4 is 10.5 Å². The van der Waals surface area contributed by atoms with Crippen LogP contribution in [0.25, 0.3) is 11.0 Å². The summed E-state index contributed by atoms with van der Waals surface area (Å²) in [6, 6.07) is 15.4. The van der Waals surface area contributed by atoms with Crippen molar-refractivity contribution in [3.63, 3.8) is 0 Å². The fraction of sp³-hybridized carbons (Fsp3) is 0.235. The van der Waals surface area contributed by atoms with Gasteiger partial charge in [-0.3, -0.25) is 0 Å². The molecule has 0 aliphatic heterocycles. The Morgan fingerprint density at radius 2 is 1.91 bits per heavy atom. The number of anilines is 1. The highest BCUT2D eigenvalue weighted by Crippen LogP contribution is 2.23. The molecule has 0 aliphatic carbocycles. The maximum absolute atomic E-state index is 9.10. The average Bonchev–Trinajstić information content (AvgIpc) is 2.91. The number of hydrogen-bond acceptors (Lipinski definition) is 4. The van der Waals surface area contributed by atoms with Gasteiger partial charge in [0.15, 0.2) is 0 Å². The zero-order chi connectivity index (χ0) is 15.4. The van der Waals surface area contributed by atoms with Crippen molar-refractivity contribution in [2.75, 3.05) is 12.3 Å². The quantitative estimate of drug-likeness (QED) is 0.686. The summed E-state index contributed by atoms with van der Waals surface area (Å²) < 4.78 is 7.86. The van der Waals surface area contributed by atoms with E-state index in [4.69, 9.17) is 15.6 Å². The van der Waals surface area contributed by atoms with E-state index in [0.717, 1.165) is 22.6 Å². The van der Waals surface area contributed by atoms with E-state index in [2.05, 4.69) is 9.55 Å². The smallest absolute Gasteiger partial charge is 0.148 e. The van der Waals surface area contributed by atoms with Crippen molar-refractivity contribution in [3.8, 4) is 5.75 Å². The lowest BCUT2D eigenvalue weighted by atomic mass is 10.2. The molecule has 0 amide bonds. The summed E-state index contributed by atoms with van der Waals surface area (Å²) in [7, 11) is 0. The Labute approximate surface area is 129 Å². The molecule has 0 atom stereocenters. The summed E-state index contributed by atoms with van der Waals surface area (Å²) in [4.78, 5) is 4.61. The predicted octanol–water partition coefficient (Wildman–Crippen LogP) is 2.58. The van der Waals surface area contributed by atoms with E-state index in [0.29, 0.717) is 25.3 Å². The van der Waals surface area contributed by atoms with Crippen molar-refractivity contribution in [2.45, 2.75) is 19.6 Å². The monoisotopic (exact) mass is 297 g/mol. The lowest BCUT2D eigenvalue weighted by Crippen LogP contribution is -2.08. The Morgan fingerprint density at radius 3 is 2.68 bits per heavy atom. The Bertz CT molecular complexity index is 753. The largest absolute Gasteiger partial charge is 0.486 e. The molecule has 3 N–H and O–H groups in total. The number of aliphatic hydroxyl groups is 1. The first kappa shape index (κ1) is 14.4. The minimum Gasteiger partial charge on any atom is -0.486 e. The molecule has 114 valence electrons. The molecule has 0 spiro atoms. The zero-order valence-corrected chi connectivity index (χ0v) is 12.3. The SMILES string of the molecule is Nc1cccc2c1nc(COc1ccccc1)n2CCCO. The molecule has 22 heavy (non-hydrogen) atoms. The van der Waals surface area contributed by atoms with Crippen molar-refractivity contribution >= 4 is 16.7 Å². The summed E-state index contributed by atoms with van der Waals surface area (Å²) in [5, 5.41) is 9.10. The molecule has 1 heterocycles. The van der Waals surface area contributed by atoms with E-state index in [1.165, 1.54) is 0 Å². The summed E-state index contributed by atoms with van der Waals surface area (Å²) in [6.07, 6.45) is 0.665. The molecule has 5 nitrogen and oxygen atoms in total. The highest BCUT2D eigenvalue weighted by atomic mass is 16.5. The molecule has 0 aliphatic rings. The van der Waals surface area contributed by atoms with Crippen LogP contribution in [-0.2, 0) is 13.2 Å². The molecule has 0 unspecified atom stereocenters. The van der Waals surface area contributed by atoms with Crippen molar-refractivity contribution < 1.29 is 9.84 Å². The fourth-order valence-corrected chi connectivity index (χ4v) is 2.47. The van der Waals surface area contributed by atoms with E-state index < -0.39 is 0 Å². The lowest BCUT2D eigenvalue weighted by Gasteiger charge is -2.09. The number of benzene rings is 2. The summed E-state index contributed by atoms with van der Waals surface area (Å²) in [5.74, 6) is 1.61. The van der Waals surface area contributed by atoms with Gasteiger partial charge in [-0.2, -0.15) is 0 Å². The van der Waals surface area contributed by atoms with E-state index in [1.807, 2.05) is 48.5 Å². The molecule has 3 aromatic rings. The Morgan fingerprint density at radius 1 is 1.09 bits per heavy atom. The second kappa shape index (κ2) is 6.49. The van der Waals surface area contributed by atoms with Gasteiger partial charge in [-0.05, 0) is 30.7 Å². The van der Waals surface area contributed by atoms with Gasteiger partial charge >= 0.3 is 0 Å². The van der Waals surface area contributed by atoms with Gasteiger partial charge in [0.25, 0.3) is 0 Å². The van der Waals surface area contributed by atoms with E-state index in [9.17, 15) is 0 Å². The number of nitrogens with zero attached hydrogens (tertiary/aromatic N) is 2. The third-order valence-corrected chi connectivity index (χ3v) is 3.54. The second-order valence-corrected chi connectivity index (χ2v) is 5.07. The van der Waals surface area contributed by atoms with E-state index in [-0.39, 0.29) is 6.61 Å². The van der Waals surface area contributed by atoms with Gasteiger partial charge in [0.05, 0.1) is 11.2 Å². The van der Waals surface area contributed by atoms with Crippen molar-refractivity contribution in [1.82, 2.24) is 9.55 Å². The van der Waals surface area contributed by atoms with Crippen LogP contribution in [0.2, 0.25) is 0 Å². The molecule has 3 rings (SSSR count). The summed E-state index contributed by atoms with van der Waals surface area (Å²) >= 11 is 0. The van der Waals surface area contributed by atoms with Crippen molar-refractivity contribution in [3.05, 3.63) is 54.4 Å². The lowest BCUT2D eigenvalue weighted by molar-refractivity contribution is 0.269. The maximum atomic E-state index is 9.10. The number of para-hydroxylation sites is 2. The highest BCUT2D eigenvalue weighted by Gasteiger charge is 2.12. The minimum absolute atomic E-state index is 0.140. The van der Waals surface area contributed by atoms with Gasteiger partial charge in [0.2, 0.25) is 0 Å². The molecule has 0 fully saturated rings. The van der Waals surface area contributed by atoms with Gasteiger partial charge in [-0.15, -0.1) is 0 Å². The maximum Gasteiger partial charge on any atom is 0.148 e. The zero-order valence-electron chi connectivity index (χ0n) is 12.3. The predicted molar refractivity (Wildman–Crippen MR) is 86.6 cm³/mol. The highest BCUT2D eigenvalue weighted by molar-refractivity contribution is 5.87. The number of fused-ring (bicyclic) bond motifs is 1. The molecule has 0 saturated carbocycles. The van der Waals surface area contributed by atoms with Crippen LogP contribution in [0.5, 0.6) is 5.75 Å².